The van der Waals surface area contributed by atoms with E-state index in [1.807, 2.05) is 24.3 Å². The van der Waals surface area contributed by atoms with E-state index in [9.17, 15) is 0 Å². The summed E-state index contributed by atoms with van der Waals surface area (Å²) in [5, 5.41) is 0.973. The van der Waals surface area contributed by atoms with E-state index in [0.29, 0.717) is 6.54 Å². The second-order valence-electron chi connectivity index (χ2n) is 3.27. The third-order valence-corrected chi connectivity index (χ3v) is 3.47. The van der Waals surface area contributed by atoms with Gasteiger partial charge in [-0.3, -0.25) is 0 Å². The molecule has 0 saturated heterocycles. The third-order valence-electron chi connectivity index (χ3n) is 2.05. The van der Waals surface area contributed by atoms with Crippen molar-refractivity contribution in [1.29, 1.82) is 0 Å². The molecule has 0 bridgehead atoms. The van der Waals surface area contributed by atoms with Crippen LogP contribution in [0.4, 0.5) is 0 Å². The Morgan fingerprint density at radius 1 is 1.25 bits per heavy atom. The fourth-order valence-electron chi connectivity index (χ4n) is 1.28. The van der Waals surface area contributed by atoms with Crippen molar-refractivity contribution in [3.63, 3.8) is 0 Å². The average Bonchev–Trinajstić information content (AvgIpc) is 2.29. The summed E-state index contributed by atoms with van der Waals surface area (Å²) in [5.41, 5.74) is 6.70. The summed E-state index contributed by atoms with van der Waals surface area (Å²) in [6, 6.07) is 12.1. The molecule has 0 aliphatic rings. The Kier molecular flexibility index (Phi) is 3.98. The highest BCUT2D eigenvalue weighted by Crippen LogP contribution is 2.28. The van der Waals surface area contributed by atoms with Crippen LogP contribution in [0.5, 0.6) is 0 Å². The van der Waals surface area contributed by atoms with Crippen molar-refractivity contribution in [2.75, 3.05) is 0 Å². The number of pyridine rings is 1. The molecule has 1 aromatic carbocycles. The van der Waals surface area contributed by atoms with Crippen LogP contribution in [0.1, 0.15) is 5.56 Å². The predicted molar refractivity (Wildman–Crippen MR) is 70.4 cm³/mol. The maximum absolute atomic E-state index is 5.59. The molecule has 0 fully saturated rings. The Bertz CT molecular complexity index is 488. The minimum absolute atomic E-state index is 0.550. The lowest BCUT2D eigenvalue weighted by atomic mass is 10.3. The summed E-state index contributed by atoms with van der Waals surface area (Å²) in [6.45, 7) is 0.550. The summed E-state index contributed by atoms with van der Waals surface area (Å²) in [7, 11) is 0. The van der Waals surface area contributed by atoms with Gasteiger partial charge in [-0.15, -0.1) is 0 Å². The molecule has 1 aromatic heterocycles. The first kappa shape index (κ1) is 11.6. The van der Waals surface area contributed by atoms with Gasteiger partial charge >= 0.3 is 0 Å². The van der Waals surface area contributed by atoms with Gasteiger partial charge in [0.05, 0.1) is 0 Å². The molecular weight excluding hydrogens is 284 g/mol. The van der Waals surface area contributed by atoms with Crippen molar-refractivity contribution in [3.05, 3.63) is 52.6 Å². The molecule has 2 rings (SSSR count). The molecule has 0 amide bonds. The number of benzene rings is 1. The summed E-state index contributed by atoms with van der Waals surface area (Å²) in [5.74, 6) is 0. The molecule has 0 aliphatic heterocycles. The number of rotatable bonds is 3. The van der Waals surface area contributed by atoms with E-state index in [1.165, 1.54) is 0 Å². The molecule has 2 nitrogen and oxygen atoms in total. The molecule has 1 heterocycles. The summed E-state index contributed by atoms with van der Waals surface area (Å²) in [4.78, 5) is 5.47. The fraction of sp³-hybridized carbons (Fsp3) is 0.0833. The molecular formula is C12H11BrN2S. The van der Waals surface area contributed by atoms with Crippen LogP contribution in [0, 0.1) is 0 Å². The van der Waals surface area contributed by atoms with Crippen molar-refractivity contribution in [3.8, 4) is 0 Å². The van der Waals surface area contributed by atoms with Crippen LogP contribution in [-0.4, -0.2) is 4.98 Å². The topological polar surface area (TPSA) is 38.9 Å². The number of hydrogen-bond acceptors (Lipinski definition) is 3. The van der Waals surface area contributed by atoms with E-state index in [1.54, 1.807) is 18.0 Å². The Morgan fingerprint density at radius 3 is 2.88 bits per heavy atom. The molecule has 0 radical (unpaired) electrons. The number of nitrogens with zero attached hydrogens (tertiary/aromatic N) is 1. The van der Waals surface area contributed by atoms with Crippen molar-refractivity contribution in [1.82, 2.24) is 4.98 Å². The molecule has 0 aliphatic carbocycles. The van der Waals surface area contributed by atoms with Gasteiger partial charge in [0.1, 0.15) is 5.03 Å². The van der Waals surface area contributed by atoms with Crippen molar-refractivity contribution >= 4 is 27.7 Å². The van der Waals surface area contributed by atoms with E-state index in [-0.39, 0.29) is 0 Å². The van der Waals surface area contributed by atoms with E-state index in [2.05, 4.69) is 33.0 Å². The Labute approximate surface area is 107 Å². The molecule has 0 unspecified atom stereocenters. The highest BCUT2D eigenvalue weighted by molar-refractivity contribution is 9.10. The van der Waals surface area contributed by atoms with Crippen LogP contribution in [0.25, 0.3) is 0 Å². The highest BCUT2D eigenvalue weighted by atomic mass is 79.9. The smallest absolute Gasteiger partial charge is 0.101 e. The third kappa shape index (κ3) is 3.07. The maximum Gasteiger partial charge on any atom is 0.101 e. The highest BCUT2D eigenvalue weighted by Gasteiger charge is 2.00. The largest absolute Gasteiger partial charge is 0.326 e. The van der Waals surface area contributed by atoms with Crippen LogP contribution in [0.15, 0.2) is 57.0 Å². The molecule has 0 atom stereocenters. The van der Waals surface area contributed by atoms with Crippen molar-refractivity contribution in [2.45, 2.75) is 16.5 Å². The zero-order chi connectivity index (χ0) is 11.4. The van der Waals surface area contributed by atoms with Crippen molar-refractivity contribution < 1.29 is 0 Å². The van der Waals surface area contributed by atoms with Crippen LogP contribution in [-0.2, 0) is 6.54 Å². The monoisotopic (exact) mass is 294 g/mol. The predicted octanol–water partition coefficient (Wildman–Crippen LogP) is 3.45. The van der Waals surface area contributed by atoms with Gasteiger partial charge in [-0.1, -0.05) is 33.8 Å². The molecule has 16 heavy (non-hydrogen) atoms. The molecule has 0 saturated carbocycles. The van der Waals surface area contributed by atoms with Gasteiger partial charge < -0.3 is 5.73 Å². The first-order valence-electron chi connectivity index (χ1n) is 4.86. The average molecular weight is 295 g/mol. The molecule has 0 spiro atoms. The van der Waals surface area contributed by atoms with Crippen LogP contribution in [0.3, 0.4) is 0 Å². The zero-order valence-corrected chi connectivity index (χ0v) is 11.0. The quantitative estimate of drug-likeness (QED) is 0.942. The lowest BCUT2D eigenvalue weighted by molar-refractivity contribution is 1.02. The summed E-state index contributed by atoms with van der Waals surface area (Å²) in [6.07, 6.45) is 1.79. The van der Waals surface area contributed by atoms with Crippen molar-refractivity contribution in [2.24, 2.45) is 5.73 Å². The van der Waals surface area contributed by atoms with E-state index < -0.39 is 0 Å². The van der Waals surface area contributed by atoms with E-state index >= 15 is 0 Å². The van der Waals surface area contributed by atoms with E-state index in [4.69, 9.17) is 5.73 Å². The zero-order valence-electron chi connectivity index (χ0n) is 8.56. The van der Waals surface area contributed by atoms with Gasteiger partial charge in [-0.05, 0) is 35.9 Å². The lowest BCUT2D eigenvalue weighted by Crippen LogP contribution is -1.96. The van der Waals surface area contributed by atoms with Gasteiger partial charge in [0.25, 0.3) is 0 Å². The molecule has 82 valence electrons. The first-order chi connectivity index (χ1) is 7.78. The SMILES string of the molecule is NCc1ccnc(Sc2cccc(Br)c2)c1. The standard InChI is InChI=1S/C12H11BrN2S/c13-10-2-1-3-11(7-10)16-12-6-9(8-14)4-5-15-12/h1-7H,8,14H2. The second-order valence-corrected chi connectivity index (χ2v) is 5.28. The Balaban J connectivity index is 2.20. The minimum atomic E-state index is 0.550. The van der Waals surface area contributed by atoms with Gasteiger partial charge in [-0.2, -0.15) is 0 Å². The summed E-state index contributed by atoms with van der Waals surface area (Å²) >= 11 is 5.08. The fourth-order valence-corrected chi connectivity index (χ4v) is 2.73. The van der Waals surface area contributed by atoms with E-state index in [0.717, 1.165) is 20.0 Å². The molecule has 4 heteroatoms. The lowest BCUT2D eigenvalue weighted by Gasteiger charge is -2.03. The van der Waals surface area contributed by atoms with Crippen LogP contribution >= 0.6 is 27.7 Å². The maximum atomic E-state index is 5.59. The van der Waals surface area contributed by atoms with Gasteiger partial charge in [0.15, 0.2) is 0 Å². The normalized spacial score (nSPS) is 10.4. The first-order valence-corrected chi connectivity index (χ1v) is 6.47. The second kappa shape index (κ2) is 5.48. The van der Waals surface area contributed by atoms with Crippen LogP contribution in [0.2, 0.25) is 0 Å². The molecule has 2 aromatic rings. The number of hydrogen-bond donors (Lipinski definition) is 1. The minimum Gasteiger partial charge on any atom is -0.326 e. The number of nitrogens with two attached hydrogens (primary N) is 1. The Morgan fingerprint density at radius 2 is 2.12 bits per heavy atom. The van der Waals surface area contributed by atoms with Gasteiger partial charge in [-0.25, -0.2) is 4.98 Å². The summed E-state index contributed by atoms with van der Waals surface area (Å²) < 4.78 is 1.08. The molecule has 2 N–H and O–H groups in total. The van der Waals surface area contributed by atoms with Gasteiger partial charge in [0.2, 0.25) is 0 Å². The number of aromatic nitrogens is 1. The van der Waals surface area contributed by atoms with Gasteiger partial charge in [0, 0.05) is 22.1 Å². The number of halogens is 1. The Hall–Kier alpha value is -0.840. The van der Waals surface area contributed by atoms with Crippen LogP contribution < -0.4 is 5.73 Å².